The minimum Gasteiger partial charge on any atom is -0.490 e. The first kappa shape index (κ1) is 20.7. The van der Waals surface area contributed by atoms with E-state index in [-0.39, 0.29) is 12.4 Å². The molecule has 0 atom stereocenters. The lowest BCUT2D eigenvalue weighted by Crippen LogP contribution is -2.28. The monoisotopic (exact) mass is 410 g/mol. The molecule has 2 heterocycles. The molecule has 2 aromatic heterocycles. The highest BCUT2D eigenvalue weighted by Gasteiger charge is 2.41. The van der Waals surface area contributed by atoms with E-state index in [9.17, 15) is 9.90 Å². The molecule has 2 aromatic rings. The molecule has 7 nitrogen and oxygen atoms in total. The predicted molar refractivity (Wildman–Crippen MR) is 115 cm³/mol. The molecule has 0 amide bonds. The van der Waals surface area contributed by atoms with Crippen LogP contribution in [0, 0.1) is 5.92 Å². The maximum absolute atomic E-state index is 12.4. The normalized spacial score (nSPS) is 16.4. The zero-order valence-corrected chi connectivity index (χ0v) is 18.0. The van der Waals surface area contributed by atoms with Crippen molar-refractivity contribution in [1.29, 1.82) is 0 Å². The van der Waals surface area contributed by atoms with Gasteiger partial charge < -0.3 is 14.7 Å². The van der Waals surface area contributed by atoms with Crippen molar-refractivity contribution in [2.24, 2.45) is 5.92 Å². The molecule has 0 bridgehead atoms. The largest absolute Gasteiger partial charge is 0.490 e. The minimum absolute atomic E-state index is 0.214. The lowest BCUT2D eigenvalue weighted by molar-refractivity contribution is -0.118. The van der Waals surface area contributed by atoms with Crippen LogP contribution in [0.2, 0.25) is 0 Å². The van der Waals surface area contributed by atoms with Gasteiger partial charge in [0.2, 0.25) is 0 Å². The molecular formula is C23H30N4O3. The smallest absolute Gasteiger partial charge is 0.180 e. The quantitative estimate of drug-likeness (QED) is 0.680. The number of aryl methyl sites for hydroxylation is 1. The molecule has 160 valence electrons. The summed E-state index contributed by atoms with van der Waals surface area (Å²) >= 11 is 0. The summed E-state index contributed by atoms with van der Waals surface area (Å²) in [5.74, 6) is 2.57. The molecule has 0 spiro atoms. The summed E-state index contributed by atoms with van der Waals surface area (Å²) in [5.41, 5.74) is 2.14. The molecule has 4 rings (SSSR count). The van der Waals surface area contributed by atoms with Crippen LogP contribution < -0.4 is 9.64 Å². The van der Waals surface area contributed by atoms with Gasteiger partial charge in [-0.25, -0.2) is 9.97 Å². The van der Waals surface area contributed by atoms with Crippen molar-refractivity contribution in [3.8, 4) is 17.3 Å². The SMILES string of the molecule is CC(C)CC(=O)CN(C)c1nc(-c2cc(OCC3(O)CC3)ccn2)nc2c1CCC2. The molecule has 1 fully saturated rings. The Labute approximate surface area is 177 Å². The average Bonchev–Trinajstić information content (AvgIpc) is 3.24. The summed E-state index contributed by atoms with van der Waals surface area (Å²) < 4.78 is 5.75. The molecule has 0 aliphatic heterocycles. The highest BCUT2D eigenvalue weighted by Crippen LogP contribution is 2.36. The number of hydrogen-bond acceptors (Lipinski definition) is 7. The third-order valence-electron chi connectivity index (χ3n) is 5.62. The summed E-state index contributed by atoms with van der Waals surface area (Å²) in [6, 6.07) is 3.59. The number of aromatic nitrogens is 3. The number of likely N-dealkylation sites (N-methyl/N-ethyl adjacent to an activating group) is 1. The van der Waals surface area contributed by atoms with E-state index in [0.29, 0.717) is 36.2 Å². The molecule has 0 radical (unpaired) electrons. The van der Waals surface area contributed by atoms with Crippen LogP contribution in [0.5, 0.6) is 5.75 Å². The maximum Gasteiger partial charge on any atom is 0.180 e. The third kappa shape index (κ3) is 4.78. The lowest BCUT2D eigenvalue weighted by Gasteiger charge is -2.21. The van der Waals surface area contributed by atoms with Crippen molar-refractivity contribution >= 4 is 11.6 Å². The number of carbonyl (C=O) groups is 1. The number of carbonyl (C=O) groups excluding carboxylic acids is 1. The Morgan fingerprint density at radius 1 is 1.30 bits per heavy atom. The first-order valence-electron chi connectivity index (χ1n) is 10.8. The van der Waals surface area contributed by atoms with Gasteiger partial charge in [0.1, 0.15) is 23.9 Å². The molecule has 2 aliphatic carbocycles. The van der Waals surface area contributed by atoms with Crippen LogP contribution in [-0.2, 0) is 17.6 Å². The van der Waals surface area contributed by atoms with Crippen molar-refractivity contribution in [1.82, 2.24) is 15.0 Å². The molecule has 0 unspecified atom stereocenters. The van der Waals surface area contributed by atoms with Crippen molar-refractivity contribution in [2.75, 3.05) is 25.1 Å². The Bertz CT molecular complexity index is 940. The molecule has 1 saturated carbocycles. The molecule has 7 heteroatoms. The summed E-state index contributed by atoms with van der Waals surface area (Å²) in [7, 11) is 1.92. The first-order valence-corrected chi connectivity index (χ1v) is 10.8. The predicted octanol–water partition coefficient (Wildman–Crippen LogP) is 2.98. The molecule has 0 aromatic carbocycles. The summed E-state index contributed by atoms with van der Waals surface area (Å²) in [5, 5.41) is 10.0. The second kappa shape index (κ2) is 8.30. The Kier molecular flexibility index (Phi) is 5.73. The van der Waals surface area contributed by atoms with Gasteiger partial charge in [-0.3, -0.25) is 9.78 Å². The summed E-state index contributed by atoms with van der Waals surface area (Å²) in [6.45, 7) is 4.74. The number of ether oxygens (including phenoxy) is 1. The second-order valence-electron chi connectivity index (χ2n) is 9.03. The van der Waals surface area contributed by atoms with Gasteiger partial charge in [0.15, 0.2) is 11.6 Å². The Hall–Kier alpha value is -2.54. The van der Waals surface area contributed by atoms with Gasteiger partial charge in [0, 0.05) is 37.0 Å². The molecular weight excluding hydrogens is 380 g/mol. The first-order chi connectivity index (χ1) is 14.3. The number of pyridine rings is 1. The van der Waals surface area contributed by atoms with E-state index in [1.807, 2.05) is 18.0 Å². The van der Waals surface area contributed by atoms with Crippen molar-refractivity contribution in [2.45, 2.75) is 58.0 Å². The van der Waals surface area contributed by atoms with Gasteiger partial charge in [-0.05, 0) is 44.1 Å². The van der Waals surface area contributed by atoms with E-state index >= 15 is 0 Å². The number of fused-ring (bicyclic) bond motifs is 1. The van der Waals surface area contributed by atoms with Crippen molar-refractivity contribution in [3.05, 3.63) is 29.6 Å². The minimum atomic E-state index is -0.675. The Morgan fingerprint density at radius 2 is 2.10 bits per heavy atom. The second-order valence-corrected chi connectivity index (χ2v) is 9.03. The van der Waals surface area contributed by atoms with Crippen LogP contribution in [-0.4, -0.2) is 51.6 Å². The van der Waals surface area contributed by atoms with E-state index in [1.54, 1.807) is 12.3 Å². The number of Topliss-reactive ketones (excluding diaryl/α,β-unsaturated/α-hetero) is 1. The van der Waals surface area contributed by atoms with Crippen LogP contribution in [0.1, 0.15) is 50.8 Å². The van der Waals surface area contributed by atoms with Crippen LogP contribution in [0.4, 0.5) is 5.82 Å². The van der Waals surface area contributed by atoms with Crippen LogP contribution in [0.3, 0.4) is 0 Å². The average molecular weight is 411 g/mol. The Balaban J connectivity index is 1.58. The standard InChI is InChI=1S/C23H30N4O3/c1-15(2)11-16(28)13-27(3)22-18-5-4-6-19(18)25-21(26-22)20-12-17(7-10-24-20)30-14-23(29)8-9-23/h7,10,12,15,29H,4-6,8-9,11,13-14H2,1-3H3. The highest BCUT2D eigenvalue weighted by atomic mass is 16.5. The van der Waals surface area contributed by atoms with E-state index in [2.05, 4.69) is 18.8 Å². The number of hydrogen-bond donors (Lipinski definition) is 1. The fraction of sp³-hybridized carbons (Fsp3) is 0.565. The molecule has 2 aliphatic rings. The van der Waals surface area contributed by atoms with E-state index in [1.165, 1.54) is 0 Å². The molecule has 30 heavy (non-hydrogen) atoms. The van der Waals surface area contributed by atoms with E-state index in [0.717, 1.165) is 49.2 Å². The number of anilines is 1. The highest BCUT2D eigenvalue weighted by molar-refractivity contribution is 5.83. The fourth-order valence-electron chi connectivity index (χ4n) is 3.83. The van der Waals surface area contributed by atoms with Gasteiger partial charge in [-0.1, -0.05) is 13.8 Å². The number of aliphatic hydroxyl groups is 1. The molecule has 0 saturated heterocycles. The van der Waals surface area contributed by atoms with E-state index in [4.69, 9.17) is 14.7 Å². The van der Waals surface area contributed by atoms with Gasteiger partial charge >= 0.3 is 0 Å². The van der Waals surface area contributed by atoms with Crippen LogP contribution in [0.15, 0.2) is 18.3 Å². The number of nitrogens with zero attached hydrogens (tertiary/aromatic N) is 4. The van der Waals surface area contributed by atoms with Crippen molar-refractivity contribution < 1.29 is 14.6 Å². The zero-order valence-electron chi connectivity index (χ0n) is 18.0. The van der Waals surface area contributed by atoms with Gasteiger partial charge in [-0.15, -0.1) is 0 Å². The topological polar surface area (TPSA) is 88.4 Å². The lowest BCUT2D eigenvalue weighted by atomic mass is 10.1. The maximum atomic E-state index is 12.4. The van der Waals surface area contributed by atoms with E-state index < -0.39 is 5.60 Å². The zero-order chi connectivity index (χ0) is 21.3. The van der Waals surface area contributed by atoms with Crippen LogP contribution in [0.25, 0.3) is 11.5 Å². The molecule has 1 N–H and O–H groups in total. The van der Waals surface area contributed by atoms with Crippen molar-refractivity contribution in [3.63, 3.8) is 0 Å². The Morgan fingerprint density at radius 3 is 2.83 bits per heavy atom. The number of ketones is 1. The van der Waals surface area contributed by atoms with Gasteiger partial charge in [0.05, 0.1) is 12.1 Å². The third-order valence-corrected chi connectivity index (χ3v) is 5.62. The summed E-state index contributed by atoms with van der Waals surface area (Å²) in [6.07, 6.45) is 6.70. The van der Waals surface area contributed by atoms with Gasteiger partial charge in [-0.2, -0.15) is 0 Å². The number of rotatable bonds is 9. The van der Waals surface area contributed by atoms with Crippen LogP contribution >= 0.6 is 0 Å². The fourth-order valence-corrected chi connectivity index (χ4v) is 3.83. The van der Waals surface area contributed by atoms with Gasteiger partial charge in [0.25, 0.3) is 0 Å². The summed E-state index contributed by atoms with van der Waals surface area (Å²) in [4.78, 5) is 28.3.